The summed E-state index contributed by atoms with van der Waals surface area (Å²) in [6.45, 7) is 2.07. The number of non-ortho nitro benzene ring substituents is 1. The minimum atomic E-state index is -0.381. The van der Waals surface area contributed by atoms with Gasteiger partial charge in [-0.1, -0.05) is 12.8 Å². The van der Waals surface area contributed by atoms with E-state index in [4.69, 9.17) is 0 Å². The number of nitro benzene ring substituents is 1. The van der Waals surface area contributed by atoms with Crippen molar-refractivity contribution in [3.05, 3.63) is 33.9 Å². The monoisotopic (exact) mass is 264 g/mol. The zero-order chi connectivity index (χ0) is 13.8. The second-order valence-corrected chi connectivity index (χ2v) is 5.23. The summed E-state index contributed by atoms with van der Waals surface area (Å²) in [5, 5.41) is 23.5. The van der Waals surface area contributed by atoms with Crippen LogP contribution >= 0.6 is 0 Å². The van der Waals surface area contributed by atoms with Gasteiger partial charge in [0.15, 0.2) is 0 Å². The molecule has 2 unspecified atom stereocenters. The van der Waals surface area contributed by atoms with E-state index in [1.807, 2.05) is 6.92 Å². The molecule has 1 saturated carbocycles. The van der Waals surface area contributed by atoms with E-state index in [0.717, 1.165) is 24.1 Å². The number of nitrogens with zero attached hydrogens (tertiary/aromatic N) is 1. The van der Waals surface area contributed by atoms with Gasteiger partial charge in [-0.3, -0.25) is 10.1 Å². The highest BCUT2D eigenvalue weighted by Crippen LogP contribution is 2.29. The predicted molar refractivity (Wildman–Crippen MR) is 74.3 cm³/mol. The maximum absolute atomic E-state index is 10.7. The molecule has 0 radical (unpaired) electrons. The van der Waals surface area contributed by atoms with Gasteiger partial charge in [0.2, 0.25) is 0 Å². The van der Waals surface area contributed by atoms with Gasteiger partial charge in [0, 0.05) is 36.4 Å². The molecule has 2 rings (SSSR count). The van der Waals surface area contributed by atoms with Crippen LogP contribution in [0.3, 0.4) is 0 Å². The normalized spacial score (nSPS) is 23.1. The lowest BCUT2D eigenvalue weighted by Crippen LogP contribution is -2.34. The van der Waals surface area contributed by atoms with Crippen LogP contribution in [0.25, 0.3) is 0 Å². The van der Waals surface area contributed by atoms with Crippen LogP contribution in [-0.4, -0.2) is 22.7 Å². The first kappa shape index (κ1) is 13.8. The Labute approximate surface area is 112 Å². The first-order valence-electron chi connectivity index (χ1n) is 6.74. The number of rotatable bonds is 4. The molecule has 0 aliphatic heterocycles. The van der Waals surface area contributed by atoms with Gasteiger partial charge in [0.25, 0.3) is 5.69 Å². The minimum absolute atomic E-state index is 0.116. The summed E-state index contributed by atoms with van der Waals surface area (Å²) in [4.78, 5) is 10.3. The third-order valence-corrected chi connectivity index (χ3v) is 3.91. The Morgan fingerprint density at radius 2 is 2.16 bits per heavy atom. The Bertz CT molecular complexity index is 462. The predicted octanol–water partition coefficient (Wildman–Crippen LogP) is 2.87. The maximum atomic E-state index is 10.7. The molecule has 1 aliphatic rings. The number of aryl methyl sites for hydroxylation is 1. The highest BCUT2D eigenvalue weighted by Gasteiger charge is 2.24. The molecule has 2 N–H and O–H groups in total. The maximum Gasteiger partial charge on any atom is 0.269 e. The fraction of sp³-hybridized carbons (Fsp3) is 0.571. The lowest BCUT2D eigenvalue weighted by atomic mass is 9.85. The van der Waals surface area contributed by atoms with Gasteiger partial charge < -0.3 is 10.4 Å². The summed E-state index contributed by atoms with van der Waals surface area (Å²) in [6, 6.07) is 5.13. The van der Waals surface area contributed by atoms with E-state index in [1.54, 1.807) is 12.1 Å². The lowest BCUT2D eigenvalue weighted by Gasteiger charge is -2.32. The molecule has 1 aromatic carbocycles. The first-order chi connectivity index (χ1) is 9.11. The summed E-state index contributed by atoms with van der Waals surface area (Å²) >= 11 is 0. The van der Waals surface area contributed by atoms with Crippen molar-refractivity contribution in [3.8, 4) is 0 Å². The molecule has 1 aromatic rings. The van der Waals surface area contributed by atoms with E-state index in [2.05, 4.69) is 5.32 Å². The van der Waals surface area contributed by atoms with E-state index in [0.29, 0.717) is 0 Å². The molecule has 2 atom stereocenters. The van der Waals surface area contributed by atoms with E-state index in [9.17, 15) is 15.2 Å². The Morgan fingerprint density at radius 3 is 2.79 bits per heavy atom. The van der Waals surface area contributed by atoms with Crippen molar-refractivity contribution in [2.24, 2.45) is 5.92 Å². The Kier molecular flexibility index (Phi) is 4.37. The number of hydrogen-bond donors (Lipinski definition) is 2. The number of hydrogen-bond acceptors (Lipinski definition) is 4. The minimum Gasteiger partial charge on any atom is -0.396 e. The van der Waals surface area contributed by atoms with E-state index in [1.165, 1.54) is 18.9 Å². The number of nitro groups is 1. The van der Waals surface area contributed by atoms with Crippen molar-refractivity contribution in [1.82, 2.24) is 0 Å². The third kappa shape index (κ3) is 3.23. The molecule has 0 spiro atoms. The SMILES string of the molecule is Cc1cc([N+](=O)[O-])ccc1NC1CCCCC1CO. The molecular formula is C14H20N2O3. The Balaban J connectivity index is 2.11. The molecule has 0 amide bonds. The van der Waals surface area contributed by atoms with Gasteiger partial charge in [-0.2, -0.15) is 0 Å². The number of nitrogens with one attached hydrogen (secondary N) is 1. The quantitative estimate of drug-likeness (QED) is 0.647. The molecule has 0 bridgehead atoms. The van der Waals surface area contributed by atoms with E-state index in [-0.39, 0.29) is 29.2 Å². The summed E-state index contributed by atoms with van der Waals surface area (Å²) in [7, 11) is 0. The summed E-state index contributed by atoms with van der Waals surface area (Å²) < 4.78 is 0. The molecule has 1 aliphatic carbocycles. The molecule has 5 nitrogen and oxygen atoms in total. The number of anilines is 1. The van der Waals surface area contributed by atoms with Crippen LogP contribution < -0.4 is 5.32 Å². The fourth-order valence-electron chi connectivity index (χ4n) is 2.74. The number of benzene rings is 1. The van der Waals surface area contributed by atoms with Crippen molar-refractivity contribution in [1.29, 1.82) is 0 Å². The second-order valence-electron chi connectivity index (χ2n) is 5.23. The third-order valence-electron chi connectivity index (χ3n) is 3.91. The second kappa shape index (κ2) is 6.02. The van der Waals surface area contributed by atoms with Gasteiger partial charge >= 0.3 is 0 Å². The number of aliphatic hydroxyl groups is 1. The molecule has 104 valence electrons. The molecular weight excluding hydrogens is 244 g/mol. The topological polar surface area (TPSA) is 75.4 Å². The summed E-state index contributed by atoms with van der Waals surface area (Å²) in [5.74, 6) is 0.281. The standard InChI is InChI=1S/C14H20N2O3/c1-10-8-12(16(18)19)6-7-13(10)15-14-5-3-2-4-11(14)9-17/h6-8,11,14-15,17H,2-5,9H2,1H3. The van der Waals surface area contributed by atoms with Crippen LogP contribution in [0.15, 0.2) is 18.2 Å². The van der Waals surface area contributed by atoms with Crippen molar-refractivity contribution in [2.45, 2.75) is 38.6 Å². The zero-order valence-electron chi connectivity index (χ0n) is 11.1. The van der Waals surface area contributed by atoms with Crippen LogP contribution in [0.4, 0.5) is 11.4 Å². The molecule has 0 heterocycles. The highest BCUT2D eigenvalue weighted by molar-refractivity contribution is 5.56. The van der Waals surface area contributed by atoms with E-state index < -0.39 is 0 Å². The Morgan fingerprint density at radius 1 is 1.42 bits per heavy atom. The number of aliphatic hydroxyl groups excluding tert-OH is 1. The van der Waals surface area contributed by atoms with Crippen LogP contribution in [0, 0.1) is 23.0 Å². The fourth-order valence-corrected chi connectivity index (χ4v) is 2.74. The van der Waals surface area contributed by atoms with Crippen LogP contribution in [-0.2, 0) is 0 Å². The molecule has 0 aromatic heterocycles. The largest absolute Gasteiger partial charge is 0.396 e. The van der Waals surface area contributed by atoms with E-state index >= 15 is 0 Å². The van der Waals surface area contributed by atoms with Gasteiger partial charge in [-0.05, 0) is 31.4 Å². The lowest BCUT2D eigenvalue weighted by molar-refractivity contribution is -0.384. The molecule has 0 saturated heterocycles. The van der Waals surface area contributed by atoms with Crippen LogP contribution in [0.2, 0.25) is 0 Å². The van der Waals surface area contributed by atoms with Crippen molar-refractivity contribution in [2.75, 3.05) is 11.9 Å². The van der Waals surface area contributed by atoms with Gasteiger partial charge in [0.1, 0.15) is 0 Å². The smallest absolute Gasteiger partial charge is 0.269 e. The molecule has 19 heavy (non-hydrogen) atoms. The van der Waals surface area contributed by atoms with Crippen molar-refractivity contribution < 1.29 is 10.0 Å². The van der Waals surface area contributed by atoms with Gasteiger partial charge in [-0.25, -0.2) is 0 Å². The molecule has 5 heteroatoms. The first-order valence-corrected chi connectivity index (χ1v) is 6.74. The van der Waals surface area contributed by atoms with Crippen LogP contribution in [0.5, 0.6) is 0 Å². The van der Waals surface area contributed by atoms with Crippen molar-refractivity contribution >= 4 is 11.4 Å². The van der Waals surface area contributed by atoms with Gasteiger partial charge in [-0.15, -0.1) is 0 Å². The Hall–Kier alpha value is -1.62. The molecule has 1 fully saturated rings. The summed E-state index contributed by atoms with van der Waals surface area (Å²) in [5.41, 5.74) is 1.91. The van der Waals surface area contributed by atoms with Gasteiger partial charge in [0.05, 0.1) is 4.92 Å². The summed E-state index contributed by atoms with van der Waals surface area (Å²) in [6.07, 6.45) is 4.42. The average Bonchev–Trinajstić information content (AvgIpc) is 2.41. The van der Waals surface area contributed by atoms with Crippen LogP contribution in [0.1, 0.15) is 31.2 Å². The highest BCUT2D eigenvalue weighted by atomic mass is 16.6. The average molecular weight is 264 g/mol. The zero-order valence-corrected chi connectivity index (χ0v) is 11.1. The van der Waals surface area contributed by atoms with Crippen molar-refractivity contribution in [3.63, 3.8) is 0 Å².